The summed E-state index contributed by atoms with van der Waals surface area (Å²) in [7, 11) is -4.17. The Kier molecular flexibility index (Phi) is 9.86. The van der Waals surface area contributed by atoms with Gasteiger partial charge in [0.1, 0.15) is 18.4 Å². The number of likely N-dealkylation sites (N-methyl/N-ethyl adjacent to an activating group) is 1. The van der Waals surface area contributed by atoms with Crippen LogP contribution in [0.15, 0.2) is 120 Å². The first-order valence-corrected chi connectivity index (χ1v) is 14.7. The first-order valence-electron chi connectivity index (χ1n) is 13.3. The summed E-state index contributed by atoms with van der Waals surface area (Å²) in [5, 5.41) is 2.78. The van der Waals surface area contributed by atoms with Gasteiger partial charge in [0.25, 0.3) is 10.0 Å². The third kappa shape index (κ3) is 7.37. The monoisotopic (exact) mass is 573 g/mol. The molecule has 2 amide bonds. The van der Waals surface area contributed by atoms with Gasteiger partial charge in [0.15, 0.2) is 0 Å². The second-order valence-electron chi connectivity index (χ2n) is 9.37. The molecule has 4 rings (SSSR count). The van der Waals surface area contributed by atoms with Crippen LogP contribution in [0, 0.1) is 5.82 Å². The van der Waals surface area contributed by atoms with E-state index in [1.54, 1.807) is 73.7 Å². The van der Waals surface area contributed by atoms with Crippen molar-refractivity contribution < 1.29 is 22.4 Å². The van der Waals surface area contributed by atoms with Crippen molar-refractivity contribution in [3.63, 3.8) is 0 Å². The molecule has 0 spiro atoms. The van der Waals surface area contributed by atoms with Gasteiger partial charge in [-0.3, -0.25) is 13.9 Å². The molecular formula is C32H32FN3O4S. The molecule has 4 aromatic rings. The fourth-order valence-corrected chi connectivity index (χ4v) is 5.93. The van der Waals surface area contributed by atoms with E-state index in [2.05, 4.69) is 5.32 Å². The van der Waals surface area contributed by atoms with Crippen molar-refractivity contribution in [2.75, 3.05) is 17.4 Å². The zero-order chi connectivity index (χ0) is 29.2. The lowest BCUT2D eigenvalue weighted by atomic mass is 10.0. The number of carbonyl (C=O) groups excluding carboxylic acids is 2. The second-order valence-corrected chi connectivity index (χ2v) is 11.2. The topological polar surface area (TPSA) is 86.8 Å². The molecule has 0 saturated heterocycles. The predicted molar refractivity (Wildman–Crippen MR) is 157 cm³/mol. The molecule has 0 aliphatic carbocycles. The molecule has 0 bridgehead atoms. The maximum absolute atomic E-state index is 14.8. The maximum Gasteiger partial charge on any atom is 0.264 e. The Balaban J connectivity index is 1.78. The second kappa shape index (κ2) is 13.7. The Hall–Kier alpha value is -4.50. The summed E-state index contributed by atoms with van der Waals surface area (Å²) in [6.07, 6.45) is 0.156. The number of anilines is 1. The highest BCUT2D eigenvalue weighted by molar-refractivity contribution is 7.92. The molecule has 41 heavy (non-hydrogen) atoms. The molecule has 0 heterocycles. The van der Waals surface area contributed by atoms with Crippen molar-refractivity contribution in [3.8, 4) is 0 Å². The molecule has 0 aliphatic heterocycles. The van der Waals surface area contributed by atoms with Crippen LogP contribution >= 0.6 is 0 Å². The number of para-hydroxylation sites is 1. The minimum Gasteiger partial charge on any atom is -0.355 e. The molecule has 0 radical (unpaired) electrons. The molecule has 0 aromatic heterocycles. The van der Waals surface area contributed by atoms with Gasteiger partial charge < -0.3 is 10.2 Å². The maximum atomic E-state index is 14.8. The van der Waals surface area contributed by atoms with E-state index in [-0.39, 0.29) is 29.1 Å². The summed E-state index contributed by atoms with van der Waals surface area (Å²) >= 11 is 0. The molecule has 0 fully saturated rings. The molecule has 9 heteroatoms. The number of hydrogen-bond acceptors (Lipinski definition) is 4. The van der Waals surface area contributed by atoms with E-state index < -0.39 is 40.2 Å². The van der Waals surface area contributed by atoms with Crippen LogP contribution in [-0.2, 0) is 32.6 Å². The number of carbonyl (C=O) groups is 2. The molecule has 0 saturated carbocycles. The van der Waals surface area contributed by atoms with Gasteiger partial charge in [-0.05, 0) is 42.8 Å². The van der Waals surface area contributed by atoms with Crippen molar-refractivity contribution >= 4 is 27.5 Å². The zero-order valence-electron chi connectivity index (χ0n) is 22.7. The fraction of sp³-hybridized carbons (Fsp3) is 0.188. The number of hydrogen-bond donors (Lipinski definition) is 1. The Bertz CT molecular complexity index is 1550. The first kappa shape index (κ1) is 29.5. The van der Waals surface area contributed by atoms with Crippen LogP contribution in [0.2, 0.25) is 0 Å². The van der Waals surface area contributed by atoms with Gasteiger partial charge in [-0.25, -0.2) is 12.8 Å². The van der Waals surface area contributed by atoms with Crippen molar-refractivity contribution in [1.29, 1.82) is 0 Å². The highest BCUT2D eigenvalue weighted by Crippen LogP contribution is 2.25. The molecule has 1 atom stereocenters. The van der Waals surface area contributed by atoms with Gasteiger partial charge in [-0.2, -0.15) is 0 Å². The summed E-state index contributed by atoms with van der Waals surface area (Å²) in [6, 6.07) is 30.3. The largest absolute Gasteiger partial charge is 0.355 e. The standard InChI is InChI=1S/C32H32FN3O4S/c1-2-34-32(38)30(22-25-14-6-3-7-15-25)35(23-26-16-12-13-21-29(26)33)31(37)24-36(27-17-8-4-9-18-27)41(39,40)28-19-10-5-11-20-28/h3-21,30H,2,22-24H2,1H3,(H,34,38)/t30-/m1/s1. The van der Waals surface area contributed by atoms with Crippen LogP contribution in [0.5, 0.6) is 0 Å². The van der Waals surface area contributed by atoms with E-state index in [1.165, 1.54) is 23.1 Å². The quantitative estimate of drug-likeness (QED) is 0.264. The molecule has 0 unspecified atom stereocenters. The van der Waals surface area contributed by atoms with Crippen LogP contribution in [0.3, 0.4) is 0 Å². The summed E-state index contributed by atoms with van der Waals surface area (Å²) < 4.78 is 43.5. The van der Waals surface area contributed by atoms with E-state index in [1.807, 2.05) is 30.3 Å². The van der Waals surface area contributed by atoms with Crippen molar-refractivity contribution in [3.05, 3.63) is 132 Å². The third-order valence-electron chi connectivity index (χ3n) is 6.57. The van der Waals surface area contributed by atoms with Crippen LogP contribution in [-0.4, -0.2) is 44.3 Å². The molecule has 4 aromatic carbocycles. The third-order valence-corrected chi connectivity index (χ3v) is 8.36. The van der Waals surface area contributed by atoms with Crippen LogP contribution in [0.4, 0.5) is 10.1 Å². The Labute approximate surface area is 240 Å². The van der Waals surface area contributed by atoms with E-state index in [0.717, 1.165) is 9.87 Å². The predicted octanol–water partition coefficient (Wildman–Crippen LogP) is 4.80. The van der Waals surface area contributed by atoms with Crippen molar-refractivity contribution in [2.24, 2.45) is 0 Å². The number of nitrogens with zero attached hydrogens (tertiary/aromatic N) is 2. The van der Waals surface area contributed by atoms with Gasteiger partial charge in [-0.15, -0.1) is 0 Å². The Morgan fingerprint density at radius 2 is 1.37 bits per heavy atom. The van der Waals surface area contributed by atoms with E-state index in [4.69, 9.17) is 0 Å². The molecule has 0 aliphatic rings. The summed E-state index contributed by atoms with van der Waals surface area (Å²) in [5.41, 5.74) is 1.29. The number of halogens is 1. The van der Waals surface area contributed by atoms with Gasteiger partial charge in [0.05, 0.1) is 10.6 Å². The molecule has 7 nitrogen and oxygen atoms in total. The summed E-state index contributed by atoms with van der Waals surface area (Å²) in [5.74, 6) is -1.60. The normalized spacial score (nSPS) is 11.9. The van der Waals surface area contributed by atoms with Gasteiger partial charge in [0.2, 0.25) is 11.8 Å². The van der Waals surface area contributed by atoms with Gasteiger partial charge in [0, 0.05) is 25.1 Å². The van der Waals surface area contributed by atoms with E-state index in [9.17, 15) is 22.4 Å². The molecular weight excluding hydrogens is 541 g/mol. The number of benzene rings is 4. The smallest absolute Gasteiger partial charge is 0.264 e. The number of amides is 2. The lowest BCUT2D eigenvalue weighted by molar-refractivity contribution is -0.140. The van der Waals surface area contributed by atoms with Gasteiger partial charge in [-0.1, -0.05) is 84.9 Å². The van der Waals surface area contributed by atoms with E-state index in [0.29, 0.717) is 6.54 Å². The van der Waals surface area contributed by atoms with E-state index >= 15 is 0 Å². The summed E-state index contributed by atoms with van der Waals surface area (Å²) in [4.78, 5) is 28.9. The Morgan fingerprint density at radius 1 is 0.805 bits per heavy atom. The lowest BCUT2D eigenvalue weighted by Crippen LogP contribution is -2.53. The van der Waals surface area contributed by atoms with Crippen molar-refractivity contribution in [2.45, 2.75) is 30.8 Å². The van der Waals surface area contributed by atoms with Gasteiger partial charge >= 0.3 is 0 Å². The number of nitrogens with one attached hydrogen (secondary N) is 1. The fourth-order valence-electron chi connectivity index (χ4n) is 4.50. The molecule has 1 N–H and O–H groups in total. The lowest BCUT2D eigenvalue weighted by Gasteiger charge is -2.33. The van der Waals surface area contributed by atoms with Crippen LogP contribution in [0.25, 0.3) is 0 Å². The number of rotatable bonds is 12. The average Bonchev–Trinajstić information content (AvgIpc) is 3.00. The first-order chi connectivity index (χ1) is 19.8. The average molecular weight is 574 g/mol. The highest BCUT2D eigenvalue weighted by atomic mass is 32.2. The van der Waals surface area contributed by atoms with Crippen LogP contribution in [0.1, 0.15) is 18.1 Å². The minimum atomic E-state index is -4.17. The number of sulfonamides is 1. The Morgan fingerprint density at radius 3 is 1.98 bits per heavy atom. The van der Waals surface area contributed by atoms with Crippen LogP contribution < -0.4 is 9.62 Å². The highest BCUT2D eigenvalue weighted by Gasteiger charge is 2.34. The zero-order valence-corrected chi connectivity index (χ0v) is 23.5. The van der Waals surface area contributed by atoms with Crippen molar-refractivity contribution in [1.82, 2.24) is 10.2 Å². The molecule has 212 valence electrons. The minimum absolute atomic E-state index is 0.0156. The SMILES string of the molecule is CCNC(=O)[C@@H](Cc1ccccc1)N(Cc1ccccc1F)C(=O)CN(c1ccccc1)S(=O)(=O)c1ccccc1. The summed E-state index contributed by atoms with van der Waals surface area (Å²) in [6.45, 7) is 1.27.